The Morgan fingerprint density at radius 1 is 1.53 bits per heavy atom. The molecule has 0 heterocycles. The van der Waals surface area contributed by atoms with E-state index in [1.807, 2.05) is 7.05 Å². The van der Waals surface area contributed by atoms with Crippen LogP contribution in [0.4, 0.5) is 5.69 Å². The molecule has 1 amide bonds. The smallest absolute Gasteiger partial charge is 0.270 e. The summed E-state index contributed by atoms with van der Waals surface area (Å²) in [5.74, 6) is -0.230. The molecular formula is C12H16BrN3O3. The van der Waals surface area contributed by atoms with E-state index in [4.69, 9.17) is 0 Å². The van der Waals surface area contributed by atoms with E-state index < -0.39 is 4.92 Å². The lowest BCUT2D eigenvalue weighted by atomic mass is 10.1. The molecule has 19 heavy (non-hydrogen) atoms. The van der Waals surface area contributed by atoms with Crippen molar-refractivity contribution in [2.24, 2.45) is 0 Å². The first kappa shape index (κ1) is 15.6. The molecule has 0 atom stereocenters. The number of amides is 1. The Morgan fingerprint density at radius 3 is 2.79 bits per heavy atom. The van der Waals surface area contributed by atoms with E-state index in [2.05, 4.69) is 21.2 Å². The quantitative estimate of drug-likeness (QED) is 0.492. The minimum Gasteiger partial charge on any atom is -0.342 e. The van der Waals surface area contributed by atoms with Crippen molar-refractivity contribution in [3.8, 4) is 0 Å². The normalized spacial score (nSPS) is 10.3. The summed E-state index contributed by atoms with van der Waals surface area (Å²) in [5.41, 5.74) is 0.219. The van der Waals surface area contributed by atoms with Crippen LogP contribution in [0.15, 0.2) is 22.7 Å². The number of nitrogens with zero attached hydrogens (tertiary/aromatic N) is 2. The number of non-ortho nitro benzene ring substituents is 1. The van der Waals surface area contributed by atoms with E-state index in [0.717, 1.165) is 13.0 Å². The van der Waals surface area contributed by atoms with Gasteiger partial charge in [0, 0.05) is 30.2 Å². The Bertz CT molecular complexity index is 479. The minimum absolute atomic E-state index is 0.0878. The summed E-state index contributed by atoms with van der Waals surface area (Å²) in [7, 11) is 3.53. The summed E-state index contributed by atoms with van der Waals surface area (Å²) in [4.78, 5) is 24.0. The van der Waals surface area contributed by atoms with E-state index in [0.29, 0.717) is 16.6 Å². The molecule has 0 saturated carbocycles. The molecule has 0 bridgehead atoms. The third kappa shape index (κ3) is 4.29. The Balaban J connectivity index is 2.86. The molecule has 0 aliphatic heterocycles. The van der Waals surface area contributed by atoms with Gasteiger partial charge in [0.15, 0.2) is 0 Å². The molecule has 0 saturated heterocycles. The summed E-state index contributed by atoms with van der Waals surface area (Å²) >= 11 is 3.25. The summed E-state index contributed by atoms with van der Waals surface area (Å²) in [6.45, 7) is 1.41. The van der Waals surface area contributed by atoms with Crippen LogP contribution < -0.4 is 5.32 Å². The van der Waals surface area contributed by atoms with Gasteiger partial charge in [-0.05, 0) is 42.0 Å². The highest BCUT2D eigenvalue weighted by Gasteiger charge is 2.18. The second kappa shape index (κ2) is 7.20. The first-order valence-electron chi connectivity index (χ1n) is 5.81. The Kier molecular flexibility index (Phi) is 5.91. The molecule has 1 N–H and O–H groups in total. The van der Waals surface area contributed by atoms with Gasteiger partial charge >= 0.3 is 0 Å². The molecule has 0 aliphatic carbocycles. The van der Waals surface area contributed by atoms with Gasteiger partial charge in [0.05, 0.1) is 10.5 Å². The molecule has 6 nitrogen and oxygen atoms in total. The standard InChI is InChI=1S/C12H16BrN3O3/c1-14-6-3-7-15(2)12(17)10-8-9(16(18)19)4-5-11(10)13/h4-5,8,14H,3,6-7H2,1-2H3. The number of hydrogen-bond acceptors (Lipinski definition) is 4. The van der Waals surface area contributed by atoms with Crippen molar-refractivity contribution in [2.45, 2.75) is 6.42 Å². The van der Waals surface area contributed by atoms with Crippen molar-refractivity contribution in [3.05, 3.63) is 38.3 Å². The number of halogens is 1. The molecular weight excluding hydrogens is 314 g/mol. The van der Waals surface area contributed by atoms with Crippen LogP contribution in [0.5, 0.6) is 0 Å². The number of carbonyl (C=O) groups excluding carboxylic acids is 1. The van der Waals surface area contributed by atoms with E-state index >= 15 is 0 Å². The van der Waals surface area contributed by atoms with Gasteiger partial charge in [-0.1, -0.05) is 0 Å². The Hall–Kier alpha value is -1.47. The second-order valence-corrected chi connectivity index (χ2v) is 4.96. The summed E-state index contributed by atoms with van der Waals surface area (Å²) in [6, 6.07) is 4.18. The Morgan fingerprint density at radius 2 is 2.21 bits per heavy atom. The molecule has 0 fully saturated rings. The molecule has 1 aromatic rings. The molecule has 0 spiro atoms. The topological polar surface area (TPSA) is 75.5 Å². The number of benzene rings is 1. The highest BCUT2D eigenvalue weighted by molar-refractivity contribution is 9.10. The number of hydrogen-bond donors (Lipinski definition) is 1. The number of nitro benzene ring substituents is 1. The van der Waals surface area contributed by atoms with Gasteiger partial charge in [0.1, 0.15) is 0 Å². The minimum atomic E-state index is -0.510. The maximum absolute atomic E-state index is 12.2. The zero-order chi connectivity index (χ0) is 14.4. The predicted octanol–water partition coefficient (Wildman–Crippen LogP) is 2.04. The third-order valence-electron chi connectivity index (χ3n) is 2.66. The van der Waals surface area contributed by atoms with Gasteiger partial charge < -0.3 is 10.2 Å². The molecule has 1 aromatic carbocycles. The van der Waals surface area contributed by atoms with Crippen molar-refractivity contribution in [1.82, 2.24) is 10.2 Å². The molecule has 0 radical (unpaired) electrons. The average molecular weight is 330 g/mol. The maximum atomic E-state index is 12.2. The van der Waals surface area contributed by atoms with Gasteiger partial charge in [0.2, 0.25) is 0 Å². The third-order valence-corrected chi connectivity index (χ3v) is 3.35. The van der Waals surface area contributed by atoms with Gasteiger partial charge in [-0.15, -0.1) is 0 Å². The highest BCUT2D eigenvalue weighted by Crippen LogP contribution is 2.23. The van der Waals surface area contributed by atoms with Crippen molar-refractivity contribution in [1.29, 1.82) is 0 Å². The Labute approximate surface area is 120 Å². The van der Waals surface area contributed by atoms with Gasteiger partial charge in [-0.25, -0.2) is 0 Å². The SMILES string of the molecule is CNCCCN(C)C(=O)c1cc([N+](=O)[O-])ccc1Br. The summed E-state index contributed by atoms with van der Waals surface area (Å²) in [6.07, 6.45) is 0.825. The first-order chi connectivity index (χ1) is 8.97. The summed E-state index contributed by atoms with van der Waals surface area (Å²) < 4.78 is 0.559. The van der Waals surface area contributed by atoms with Crippen LogP contribution in [-0.2, 0) is 0 Å². The number of nitro groups is 1. The lowest BCUT2D eigenvalue weighted by Gasteiger charge is -2.17. The van der Waals surface area contributed by atoms with E-state index in [1.165, 1.54) is 18.2 Å². The van der Waals surface area contributed by atoms with Crippen LogP contribution in [0.3, 0.4) is 0 Å². The van der Waals surface area contributed by atoms with Gasteiger partial charge in [-0.2, -0.15) is 0 Å². The van der Waals surface area contributed by atoms with Gasteiger partial charge in [0.25, 0.3) is 11.6 Å². The lowest BCUT2D eigenvalue weighted by Crippen LogP contribution is -2.29. The lowest BCUT2D eigenvalue weighted by molar-refractivity contribution is -0.384. The maximum Gasteiger partial charge on any atom is 0.270 e. The van der Waals surface area contributed by atoms with Crippen molar-refractivity contribution in [2.75, 3.05) is 27.2 Å². The molecule has 0 aliphatic rings. The van der Waals surface area contributed by atoms with Crippen LogP contribution >= 0.6 is 15.9 Å². The predicted molar refractivity (Wildman–Crippen MR) is 76.3 cm³/mol. The number of rotatable bonds is 6. The number of nitrogens with one attached hydrogen (secondary N) is 1. The van der Waals surface area contributed by atoms with E-state index in [-0.39, 0.29) is 11.6 Å². The van der Waals surface area contributed by atoms with Crippen LogP contribution in [0, 0.1) is 10.1 Å². The molecule has 0 aromatic heterocycles. The van der Waals surface area contributed by atoms with Crippen molar-refractivity contribution < 1.29 is 9.72 Å². The van der Waals surface area contributed by atoms with Crippen molar-refractivity contribution in [3.63, 3.8) is 0 Å². The number of carbonyl (C=O) groups is 1. The van der Waals surface area contributed by atoms with Gasteiger partial charge in [-0.3, -0.25) is 14.9 Å². The molecule has 1 rings (SSSR count). The van der Waals surface area contributed by atoms with Crippen LogP contribution in [-0.4, -0.2) is 42.9 Å². The molecule has 0 unspecified atom stereocenters. The van der Waals surface area contributed by atoms with Crippen LogP contribution in [0.25, 0.3) is 0 Å². The highest BCUT2D eigenvalue weighted by atomic mass is 79.9. The fourth-order valence-electron chi connectivity index (χ4n) is 1.59. The fourth-order valence-corrected chi connectivity index (χ4v) is 2.01. The zero-order valence-corrected chi connectivity index (χ0v) is 12.4. The van der Waals surface area contributed by atoms with Crippen LogP contribution in [0.1, 0.15) is 16.8 Å². The van der Waals surface area contributed by atoms with E-state index in [1.54, 1.807) is 11.9 Å². The average Bonchev–Trinajstić information content (AvgIpc) is 2.38. The monoisotopic (exact) mass is 329 g/mol. The summed E-state index contributed by atoms with van der Waals surface area (Å²) in [5, 5.41) is 13.7. The zero-order valence-electron chi connectivity index (χ0n) is 10.9. The molecule has 7 heteroatoms. The fraction of sp³-hybridized carbons (Fsp3) is 0.417. The molecule has 104 valence electrons. The van der Waals surface area contributed by atoms with E-state index in [9.17, 15) is 14.9 Å². The van der Waals surface area contributed by atoms with Crippen molar-refractivity contribution >= 4 is 27.5 Å². The first-order valence-corrected chi connectivity index (χ1v) is 6.60. The largest absolute Gasteiger partial charge is 0.342 e. The van der Waals surface area contributed by atoms with Crippen LogP contribution in [0.2, 0.25) is 0 Å². The second-order valence-electron chi connectivity index (χ2n) is 4.11.